The number of hydrogen-bond donors (Lipinski definition) is 0. The van der Waals surface area contributed by atoms with Crippen LogP contribution in [0, 0.1) is 13.8 Å². The third kappa shape index (κ3) is 3.16. The molecule has 0 spiro atoms. The Morgan fingerprint density at radius 3 is 2.75 bits per heavy atom. The molecule has 4 rings (SSSR count). The van der Waals surface area contributed by atoms with E-state index in [2.05, 4.69) is 15.3 Å². The van der Waals surface area contributed by atoms with Crippen molar-refractivity contribution in [3.63, 3.8) is 0 Å². The van der Waals surface area contributed by atoms with Gasteiger partial charge < -0.3 is 4.90 Å². The summed E-state index contributed by atoms with van der Waals surface area (Å²) in [6.07, 6.45) is 0.630. The molecule has 0 saturated carbocycles. The third-order valence-electron chi connectivity index (χ3n) is 4.99. The zero-order valence-electron chi connectivity index (χ0n) is 15.8. The molecule has 1 aromatic carbocycles. The lowest BCUT2D eigenvalue weighted by Gasteiger charge is -2.33. The van der Waals surface area contributed by atoms with Crippen molar-refractivity contribution in [2.24, 2.45) is 0 Å². The predicted molar refractivity (Wildman–Crippen MR) is 108 cm³/mol. The smallest absolute Gasteiger partial charge is 0.255 e. The number of hydrogen-bond acceptors (Lipinski definition) is 4. The molecule has 0 N–H and O–H groups in total. The Kier molecular flexibility index (Phi) is 4.85. The number of halogens is 2. The van der Waals surface area contributed by atoms with Gasteiger partial charge in [0.1, 0.15) is 5.69 Å². The van der Waals surface area contributed by atoms with Crippen molar-refractivity contribution in [1.29, 1.82) is 0 Å². The fraction of sp³-hybridized carbons (Fsp3) is 0.300. The fourth-order valence-corrected chi connectivity index (χ4v) is 4.03. The number of pyridine rings is 1. The van der Waals surface area contributed by atoms with Gasteiger partial charge in [-0.05, 0) is 50.6 Å². The van der Waals surface area contributed by atoms with Crippen LogP contribution in [0.1, 0.15) is 46.0 Å². The molecule has 0 unspecified atom stereocenters. The van der Waals surface area contributed by atoms with Crippen molar-refractivity contribution in [3.8, 4) is 5.82 Å². The lowest BCUT2D eigenvalue weighted by molar-refractivity contribution is 0.0672. The first-order valence-electron chi connectivity index (χ1n) is 9.02. The van der Waals surface area contributed by atoms with E-state index in [9.17, 15) is 4.79 Å². The van der Waals surface area contributed by atoms with Gasteiger partial charge in [0.15, 0.2) is 5.82 Å². The van der Waals surface area contributed by atoms with E-state index in [1.54, 1.807) is 27.8 Å². The molecule has 144 valence electrons. The maximum absolute atomic E-state index is 13.1. The van der Waals surface area contributed by atoms with Crippen molar-refractivity contribution in [2.45, 2.75) is 33.2 Å². The average Bonchev–Trinajstić information content (AvgIpc) is 3.08. The molecule has 1 aliphatic heterocycles. The molecule has 8 heteroatoms. The minimum absolute atomic E-state index is 0.162. The maximum Gasteiger partial charge on any atom is 0.255 e. The highest BCUT2D eigenvalue weighted by Gasteiger charge is 2.33. The Hall–Kier alpha value is -2.44. The summed E-state index contributed by atoms with van der Waals surface area (Å²) < 4.78 is 1.78. The number of carbonyl (C=O) groups excluding carboxylic acids is 1. The first kappa shape index (κ1) is 18.9. The van der Waals surface area contributed by atoms with Crippen LogP contribution in [0.25, 0.3) is 5.82 Å². The number of fused-ring (bicyclic) bond motifs is 1. The Balaban J connectivity index is 1.68. The number of carbonyl (C=O) groups is 1. The maximum atomic E-state index is 13.1. The summed E-state index contributed by atoms with van der Waals surface area (Å²) in [4.78, 5) is 19.4. The highest BCUT2D eigenvalue weighted by atomic mass is 35.5. The van der Waals surface area contributed by atoms with Crippen molar-refractivity contribution in [1.82, 2.24) is 24.9 Å². The first-order chi connectivity index (χ1) is 13.4. The Morgan fingerprint density at radius 2 is 2.00 bits per heavy atom. The summed E-state index contributed by atoms with van der Waals surface area (Å²) in [6.45, 7) is 6.47. The van der Waals surface area contributed by atoms with E-state index in [0.717, 1.165) is 28.5 Å². The summed E-state index contributed by atoms with van der Waals surface area (Å²) in [7, 11) is 0. The van der Waals surface area contributed by atoms with E-state index in [4.69, 9.17) is 23.2 Å². The highest BCUT2D eigenvalue weighted by molar-refractivity contribution is 6.43. The molecule has 3 aromatic rings. The van der Waals surface area contributed by atoms with Gasteiger partial charge in [0.05, 0.1) is 27.3 Å². The zero-order chi connectivity index (χ0) is 20.0. The quantitative estimate of drug-likeness (QED) is 0.623. The van der Waals surface area contributed by atoms with Crippen LogP contribution in [0.2, 0.25) is 10.0 Å². The van der Waals surface area contributed by atoms with Gasteiger partial charge in [0, 0.05) is 18.7 Å². The summed E-state index contributed by atoms with van der Waals surface area (Å²) in [5.74, 6) is 0.584. The molecule has 0 bridgehead atoms. The van der Waals surface area contributed by atoms with Crippen LogP contribution in [-0.4, -0.2) is 37.3 Å². The predicted octanol–water partition coefficient (Wildman–Crippen LogP) is 4.35. The van der Waals surface area contributed by atoms with Gasteiger partial charge >= 0.3 is 0 Å². The van der Waals surface area contributed by atoms with Crippen LogP contribution in [0.4, 0.5) is 0 Å². The molecule has 28 heavy (non-hydrogen) atoms. The van der Waals surface area contributed by atoms with Crippen molar-refractivity contribution in [3.05, 3.63) is 68.6 Å². The number of benzene rings is 1. The van der Waals surface area contributed by atoms with Gasteiger partial charge in [-0.2, -0.15) is 4.68 Å². The van der Waals surface area contributed by atoms with E-state index < -0.39 is 0 Å². The fourth-order valence-electron chi connectivity index (χ4n) is 3.65. The minimum atomic E-state index is -0.231. The number of nitrogens with zero attached hydrogens (tertiary/aromatic N) is 5. The molecule has 1 aliphatic rings. The molecule has 1 amide bonds. The van der Waals surface area contributed by atoms with E-state index in [1.807, 2.05) is 32.9 Å². The molecule has 0 aliphatic carbocycles. The lowest BCUT2D eigenvalue weighted by Crippen LogP contribution is -2.39. The Bertz CT molecular complexity index is 1060. The van der Waals surface area contributed by atoms with Crippen LogP contribution >= 0.6 is 23.2 Å². The van der Waals surface area contributed by atoms with Gasteiger partial charge in [-0.3, -0.25) is 4.79 Å². The summed E-state index contributed by atoms with van der Waals surface area (Å²) in [6, 6.07) is 8.85. The Morgan fingerprint density at radius 1 is 1.21 bits per heavy atom. The van der Waals surface area contributed by atoms with Crippen molar-refractivity contribution < 1.29 is 4.79 Å². The van der Waals surface area contributed by atoms with Crippen molar-refractivity contribution in [2.75, 3.05) is 6.54 Å². The first-order valence-corrected chi connectivity index (χ1v) is 9.77. The van der Waals surface area contributed by atoms with Crippen LogP contribution in [0.5, 0.6) is 0 Å². The molecule has 0 saturated heterocycles. The third-order valence-corrected chi connectivity index (χ3v) is 5.81. The Labute approximate surface area is 173 Å². The minimum Gasteiger partial charge on any atom is -0.330 e. The molecule has 2 aromatic heterocycles. The van der Waals surface area contributed by atoms with Gasteiger partial charge in [0.25, 0.3) is 5.91 Å². The molecular formula is C20H19Cl2N5O. The summed E-state index contributed by atoms with van der Waals surface area (Å²) >= 11 is 12.3. The number of aryl methyl sites for hydroxylation is 2. The van der Waals surface area contributed by atoms with Crippen LogP contribution in [0.15, 0.2) is 30.3 Å². The van der Waals surface area contributed by atoms with E-state index in [-0.39, 0.29) is 17.0 Å². The zero-order valence-corrected chi connectivity index (χ0v) is 17.3. The summed E-state index contributed by atoms with van der Waals surface area (Å²) in [5, 5.41) is 9.32. The number of aromatic nitrogens is 4. The van der Waals surface area contributed by atoms with E-state index in [0.29, 0.717) is 23.6 Å². The van der Waals surface area contributed by atoms with Gasteiger partial charge in [-0.25, -0.2) is 4.98 Å². The molecule has 3 heterocycles. The van der Waals surface area contributed by atoms with Crippen LogP contribution in [-0.2, 0) is 6.42 Å². The summed E-state index contributed by atoms with van der Waals surface area (Å²) in [5.41, 5.74) is 4.19. The molecule has 6 nitrogen and oxygen atoms in total. The van der Waals surface area contributed by atoms with E-state index >= 15 is 0 Å². The van der Waals surface area contributed by atoms with E-state index in [1.165, 1.54) is 0 Å². The standard InChI is InChI=1S/C20H19Cl2N5O/c1-11-9-12(2)23-17(10-11)27-16-7-8-26(13(3)19(16)24-25-27)20(28)14-5-4-6-15(21)18(14)22/h4-6,9-10,13H,7-8H2,1-3H3/t13-/m0/s1. The second-order valence-electron chi connectivity index (χ2n) is 7.00. The van der Waals surface area contributed by atoms with Gasteiger partial charge in [0.2, 0.25) is 0 Å². The normalized spacial score (nSPS) is 16.2. The lowest BCUT2D eigenvalue weighted by atomic mass is 10.0. The van der Waals surface area contributed by atoms with Gasteiger partial charge in [-0.15, -0.1) is 5.10 Å². The highest BCUT2D eigenvalue weighted by Crippen LogP contribution is 2.33. The average molecular weight is 416 g/mol. The number of rotatable bonds is 2. The van der Waals surface area contributed by atoms with Crippen LogP contribution < -0.4 is 0 Å². The molecule has 0 radical (unpaired) electrons. The number of amides is 1. The molecule has 1 atom stereocenters. The largest absolute Gasteiger partial charge is 0.330 e. The monoisotopic (exact) mass is 415 g/mol. The SMILES string of the molecule is Cc1cc(C)nc(-n2nnc3c2CCN(C(=O)c2cccc(Cl)c2Cl)[C@H]3C)c1. The second-order valence-corrected chi connectivity index (χ2v) is 7.79. The molecular weight excluding hydrogens is 397 g/mol. The van der Waals surface area contributed by atoms with Crippen LogP contribution in [0.3, 0.4) is 0 Å². The molecule has 0 fully saturated rings. The van der Waals surface area contributed by atoms with Crippen molar-refractivity contribution >= 4 is 29.1 Å². The van der Waals surface area contributed by atoms with Gasteiger partial charge in [-0.1, -0.05) is 34.5 Å². The topological polar surface area (TPSA) is 63.9 Å². The second kappa shape index (κ2) is 7.18.